The molecule has 1 nitrogen and oxygen atoms in total. The summed E-state index contributed by atoms with van der Waals surface area (Å²) in [6.45, 7) is 1.90. The summed E-state index contributed by atoms with van der Waals surface area (Å²) >= 11 is 0. The van der Waals surface area contributed by atoms with Gasteiger partial charge in [-0.25, -0.2) is 4.21 Å². The molecular weight excluding hydrogens is 228 g/mol. The van der Waals surface area contributed by atoms with Crippen LogP contribution in [0.4, 0.5) is 0 Å². The van der Waals surface area contributed by atoms with Crippen LogP contribution in [-0.2, 0) is 10.8 Å². The van der Waals surface area contributed by atoms with Gasteiger partial charge in [0.15, 0.2) is 0 Å². The number of benzene rings is 2. The fourth-order valence-electron chi connectivity index (χ4n) is 1.57. The number of hydrogen-bond donors (Lipinski definition) is 0. The SMILES string of the molecule is CC(=Cc1ccccc1)S(=O)c1ccccc1. The Kier molecular flexibility index (Phi) is 3.89. The Labute approximate surface area is 104 Å². The van der Waals surface area contributed by atoms with E-state index >= 15 is 0 Å². The molecular formula is C15H14OS. The molecule has 0 saturated heterocycles. The minimum Gasteiger partial charge on any atom is -0.249 e. The molecule has 0 radical (unpaired) electrons. The molecule has 17 heavy (non-hydrogen) atoms. The Morgan fingerprint density at radius 1 is 0.941 bits per heavy atom. The van der Waals surface area contributed by atoms with E-state index in [1.54, 1.807) is 0 Å². The molecule has 1 atom stereocenters. The maximum atomic E-state index is 12.2. The Bertz CT molecular complexity index is 529. The monoisotopic (exact) mass is 242 g/mol. The second kappa shape index (κ2) is 5.60. The number of hydrogen-bond acceptors (Lipinski definition) is 1. The van der Waals surface area contributed by atoms with E-state index in [1.807, 2.05) is 73.7 Å². The third kappa shape index (κ3) is 3.14. The third-order valence-corrected chi connectivity index (χ3v) is 3.82. The topological polar surface area (TPSA) is 17.1 Å². The molecule has 0 amide bonds. The van der Waals surface area contributed by atoms with Crippen LogP contribution in [-0.4, -0.2) is 4.21 Å². The van der Waals surface area contributed by atoms with Gasteiger partial charge < -0.3 is 0 Å². The van der Waals surface area contributed by atoms with Crippen LogP contribution in [0.5, 0.6) is 0 Å². The predicted octanol–water partition coefficient (Wildman–Crippen LogP) is 3.86. The van der Waals surface area contributed by atoms with E-state index in [1.165, 1.54) is 0 Å². The average Bonchev–Trinajstić information content (AvgIpc) is 2.40. The quantitative estimate of drug-likeness (QED) is 0.799. The van der Waals surface area contributed by atoms with Gasteiger partial charge in [-0.1, -0.05) is 48.5 Å². The van der Waals surface area contributed by atoms with Gasteiger partial charge in [-0.15, -0.1) is 0 Å². The van der Waals surface area contributed by atoms with Gasteiger partial charge in [0.1, 0.15) is 0 Å². The summed E-state index contributed by atoms with van der Waals surface area (Å²) < 4.78 is 12.2. The summed E-state index contributed by atoms with van der Waals surface area (Å²) in [7, 11) is -1.07. The van der Waals surface area contributed by atoms with E-state index in [-0.39, 0.29) is 0 Å². The summed E-state index contributed by atoms with van der Waals surface area (Å²) in [6.07, 6.45) is 1.96. The minimum atomic E-state index is -1.07. The maximum Gasteiger partial charge on any atom is 0.0805 e. The van der Waals surface area contributed by atoms with Crippen molar-refractivity contribution in [1.29, 1.82) is 0 Å². The first kappa shape index (κ1) is 11.8. The minimum absolute atomic E-state index is 0.845. The van der Waals surface area contributed by atoms with E-state index in [0.29, 0.717) is 0 Å². The Hall–Kier alpha value is -1.67. The van der Waals surface area contributed by atoms with Gasteiger partial charge in [0.25, 0.3) is 0 Å². The summed E-state index contributed by atoms with van der Waals surface area (Å²) in [5.74, 6) is 0. The molecule has 0 aliphatic carbocycles. The highest BCUT2D eigenvalue weighted by Gasteiger charge is 2.04. The molecule has 0 aliphatic heterocycles. The van der Waals surface area contributed by atoms with Crippen molar-refractivity contribution < 1.29 is 4.21 Å². The first-order valence-electron chi connectivity index (χ1n) is 5.47. The van der Waals surface area contributed by atoms with Crippen molar-refractivity contribution in [1.82, 2.24) is 0 Å². The average molecular weight is 242 g/mol. The zero-order chi connectivity index (χ0) is 12.1. The highest BCUT2D eigenvalue weighted by Crippen LogP contribution is 2.16. The summed E-state index contributed by atoms with van der Waals surface area (Å²) in [6, 6.07) is 19.5. The van der Waals surface area contributed by atoms with E-state index in [4.69, 9.17) is 0 Å². The fraction of sp³-hybridized carbons (Fsp3) is 0.0667. The molecule has 1 unspecified atom stereocenters. The highest BCUT2D eigenvalue weighted by atomic mass is 32.2. The first-order chi connectivity index (χ1) is 8.27. The van der Waals surface area contributed by atoms with E-state index in [9.17, 15) is 4.21 Å². The molecule has 0 fully saturated rings. The normalized spacial score (nSPS) is 13.4. The lowest BCUT2D eigenvalue weighted by Gasteiger charge is -2.02. The van der Waals surface area contributed by atoms with Crippen molar-refractivity contribution in [2.75, 3.05) is 0 Å². The smallest absolute Gasteiger partial charge is 0.0805 e. The van der Waals surface area contributed by atoms with Crippen molar-refractivity contribution in [3.8, 4) is 0 Å². The standard InChI is InChI=1S/C15H14OS/c1-13(12-14-8-4-2-5-9-14)17(16)15-10-6-3-7-11-15/h2-12H,1H3. The third-order valence-electron chi connectivity index (χ3n) is 2.42. The van der Waals surface area contributed by atoms with Crippen molar-refractivity contribution in [3.63, 3.8) is 0 Å². The van der Waals surface area contributed by atoms with Crippen LogP contribution >= 0.6 is 0 Å². The van der Waals surface area contributed by atoms with Gasteiger partial charge in [0.2, 0.25) is 0 Å². The Morgan fingerprint density at radius 3 is 2.06 bits per heavy atom. The highest BCUT2D eigenvalue weighted by molar-refractivity contribution is 7.89. The zero-order valence-electron chi connectivity index (χ0n) is 9.67. The second-order valence-electron chi connectivity index (χ2n) is 3.75. The lowest BCUT2D eigenvalue weighted by atomic mass is 10.2. The van der Waals surface area contributed by atoms with Crippen LogP contribution in [0, 0.1) is 0 Å². The van der Waals surface area contributed by atoms with Crippen LogP contribution in [0.15, 0.2) is 70.5 Å². The maximum absolute atomic E-state index is 12.2. The van der Waals surface area contributed by atoms with Crippen LogP contribution < -0.4 is 0 Å². The van der Waals surface area contributed by atoms with Gasteiger partial charge in [-0.2, -0.15) is 0 Å². The summed E-state index contributed by atoms with van der Waals surface area (Å²) in [5.41, 5.74) is 1.08. The van der Waals surface area contributed by atoms with Crippen molar-refractivity contribution in [2.45, 2.75) is 11.8 Å². The Balaban J connectivity index is 2.24. The van der Waals surface area contributed by atoms with E-state index in [2.05, 4.69) is 0 Å². The van der Waals surface area contributed by atoms with Crippen LogP contribution in [0.25, 0.3) is 6.08 Å². The van der Waals surface area contributed by atoms with Crippen LogP contribution in [0.2, 0.25) is 0 Å². The molecule has 0 N–H and O–H groups in total. The van der Waals surface area contributed by atoms with Gasteiger partial charge in [-0.3, -0.25) is 0 Å². The lowest BCUT2D eigenvalue weighted by molar-refractivity contribution is 0.687. The molecule has 2 aromatic carbocycles. The van der Waals surface area contributed by atoms with Gasteiger partial charge in [0.05, 0.1) is 10.8 Å². The van der Waals surface area contributed by atoms with Gasteiger partial charge >= 0.3 is 0 Å². The lowest BCUT2D eigenvalue weighted by Crippen LogP contribution is -1.92. The molecule has 2 aromatic rings. The summed E-state index contributed by atoms with van der Waals surface area (Å²) in [4.78, 5) is 1.71. The van der Waals surface area contributed by atoms with Crippen LogP contribution in [0.1, 0.15) is 12.5 Å². The summed E-state index contributed by atoms with van der Waals surface area (Å²) in [5, 5.41) is 0. The van der Waals surface area contributed by atoms with Crippen molar-refractivity contribution in [2.24, 2.45) is 0 Å². The number of allylic oxidation sites excluding steroid dienone is 1. The van der Waals surface area contributed by atoms with Gasteiger partial charge in [-0.05, 0) is 30.7 Å². The fourth-order valence-corrected chi connectivity index (χ4v) is 2.59. The van der Waals surface area contributed by atoms with Gasteiger partial charge in [0, 0.05) is 9.80 Å². The van der Waals surface area contributed by atoms with E-state index in [0.717, 1.165) is 15.4 Å². The zero-order valence-corrected chi connectivity index (χ0v) is 10.5. The molecule has 0 bridgehead atoms. The first-order valence-corrected chi connectivity index (χ1v) is 6.62. The molecule has 0 heterocycles. The molecule has 86 valence electrons. The van der Waals surface area contributed by atoms with Crippen molar-refractivity contribution in [3.05, 3.63) is 71.1 Å². The van der Waals surface area contributed by atoms with Crippen LogP contribution in [0.3, 0.4) is 0 Å². The largest absolute Gasteiger partial charge is 0.249 e. The molecule has 2 heteroatoms. The molecule has 0 spiro atoms. The Morgan fingerprint density at radius 2 is 1.47 bits per heavy atom. The predicted molar refractivity (Wildman–Crippen MR) is 72.9 cm³/mol. The number of rotatable bonds is 3. The second-order valence-corrected chi connectivity index (χ2v) is 5.40. The molecule has 2 rings (SSSR count). The van der Waals surface area contributed by atoms with E-state index < -0.39 is 10.8 Å². The van der Waals surface area contributed by atoms with Crippen molar-refractivity contribution >= 4 is 16.9 Å². The molecule has 0 aromatic heterocycles. The molecule has 0 saturated carbocycles. The molecule has 0 aliphatic rings.